The summed E-state index contributed by atoms with van der Waals surface area (Å²) in [6.45, 7) is 4.00. The molecule has 0 aliphatic rings. The Morgan fingerprint density at radius 1 is 0.750 bits per heavy atom. The van der Waals surface area contributed by atoms with Crippen molar-refractivity contribution in [1.29, 1.82) is 0 Å². The Balaban J connectivity index is 0. The van der Waals surface area contributed by atoms with Gasteiger partial charge in [-0.2, -0.15) is 0 Å². The van der Waals surface area contributed by atoms with Gasteiger partial charge in [0.05, 0.1) is 0 Å². The third kappa shape index (κ3) is 10.0. The van der Waals surface area contributed by atoms with Gasteiger partial charge in [0.2, 0.25) is 0 Å². The summed E-state index contributed by atoms with van der Waals surface area (Å²) < 4.78 is -0.198. The lowest BCUT2D eigenvalue weighted by molar-refractivity contribution is 1.50. The van der Waals surface area contributed by atoms with E-state index in [9.17, 15) is 0 Å². The maximum absolute atomic E-state index is 4.99. The van der Waals surface area contributed by atoms with Crippen molar-refractivity contribution in [3.8, 4) is 0 Å². The second-order valence-corrected chi connectivity index (χ2v) is 2.42. The molecule has 0 atom stereocenters. The molecule has 0 nitrogen and oxygen atoms in total. The van der Waals surface area contributed by atoms with Crippen LogP contribution in [-0.2, 0) is 0 Å². The molecule has 8 heavy (non-hydrogen) atoms. The summed E-state index contributed by atoms with van der Waals surface area (Å²) in [7, 11) is 0. The van der Waals surface area contributed by atoms with E-state index in [0.717, 1.165) is 0 Å². The molecule has 0 saturated carbocycles. The molecule has 0 radical (unpaired) electrons. The number of halogens is 4. The average Bonchev–Trinajstić information content (AvgIpc) is 1.72. The van der Waals surface area contributed by atoms with Gasteiger partial charge in [-0.05, 0) is 0 Å². The Labute approximate surface area is 69.4 Å². The molecule has 0 saturated heterocycles. The van der Waals surface area contributed by atoms with Crippen molar-refractivity contribution in [2.24, 2.45) is 0 Å². The van der Waals surface area contributed by atoms with E-state index in [4.69, 9.17) is 46.4 Å². The van der Waals surface area contributed by atoms with E-state index in [1.54, 1.807) is 0 Å². The van der Waals surface area contributed by atoms with E-state index in [-0.39, 0.29) is 8.98 Å². The summed E-state index contributed by atoms with van der Waals surface area (Å²) in [5.74, 6) is 0. The molecule has 0 unspecified atom stereocenters. The highest BCUT2D eigenvalue weighted by atomic mass is 35.5. The van der Waals surface area contributed by atoms with Crippen LogP contribution in [0.25, 0.3) is 0 Å². The van der Waals surface area contributed by atoms with Crippen molar-refractivity contribution in [1.82, 2.24) is 0 Å². The van der Waals surface area contributed by atoms with Crippen LogP contribution in [0.1, 0.15) is 13.8 Å². The monoisotopic (exact) mass is 194 g/mol. The molecule has 0 aliphatic heterocycles. The molecule has 0 spiro atoms. The van der Waals surface area contributed by atoms with E-state index in [0.29, 0.717) is 0 Å². The smallest absolute Gasteiger partial charge is 0.0683 e. The second kappa shape index (κ2) is 7.90. The molecular weight excluding hydrogens is 190 g/mol. The van der Waals surface area contributed by atoms with Gasteiger partial charge in [0.15, 0.2) is 0 Å². The second-order valence-electron chi connectivity index (χ2n) is 0.521. The fraction of sp³-hybridized carbons (Fsp3) is 0.500. The van der Waals surface area contributed by atoms with E-state index >= 15 is 0 Å². The Bertz CT molecular complexity index is 58.1. The maximum atomic E-state index is 4.99. The van der Waals surface area contributed by atoms with Gasteiger partial charge in [-0.25, -0.2) is 0 Å². The zero-order valence-corrected chi connectivity index (χ0v) is 7.54. The molecule has 0 rings (SSSR count). The largest absolute Gasteiger partial charge is 0.136 e. The molecule has 0 aromatic rings. The summed E-state index contributed by atoms with van der Waals surface area (Å²) in [5.41, 5.74) is 0. The van der Waals surface area contributed by atoms with Crippen molar-refractivity contribution in [2.75, 3.05) is 0 Å². The first-order valence-corrected chi connectivity index (χ1v) is 3.52. The number of hydrogen-bond acceptors (Lipinski definition) is 0. The minimum Gasteiger partial charge on any atom is -0.0683 e. The zero-order chi connectivity index (χ0) is 7.15. The predicted molar refractivity (Wildman–Crippen MR) is 41.8 cm³/mol. The van der Waals surface area contributed by atoms with Gasteiger partial charge in [-0.15, -0.1) is 0 Å². The van der Waals surface area contributed by atoms with E-state index in [2.05, 4.69) is 0 Å². The fourth-order valence-electron chi connectivity index (χ4n) is 0. The fourth-order valence-corrected chi connectivity index (χ4v) is 0. The first-order valence-electron chi connectivity index (χ1n) is 2.01. The van der Waals surface area contributed by atoms with Gasteiger partial charge in [0.25, 0.3) is 0 Å². The highest BCUT2D eigenvalue weighted by Crippen LogP contribution is 2.20. The van der Waals surface area contributed by atoms with Crippen LogP contribution >= 0.6 is 46.4 Å². The summed E-state index contributed by atoms with van der Waals surface area (Å²) in [4.78, 5) is 0. The van der Waals surface area contributed by atoms with E-state index < -0.39 is 0 Å². The lowest BCUT2D eigenvalue weighted by Crippen LogP contribution is -1.47. The standard InChI is InChI=1S/C2Cl4.C2H6/c3-1(4)2(5)6;1-2/h;1-2H3. The first-order chi connectivity index (χ1) is 3.64. The van der Waals surface area contributed by atoms with Crippen molar-refractivity contribution >= 4 is 46.4 Å². The van der Waals surface area contributed by atoms with Crippen LogP contribution in [0.5, 0.6) is 0 Å². The van der Waals surface area contributed by atoms with Crippen LogP contribution in [0.3, 0.4) is 0 Å². The quantitative estimate of drug-likeness (QED) is 0.547. The molecule has 50 valence electrons. The van der Waals surface area contributed by atoms with Gasteiger partial charge >= 0.3 is 0 Å². The molecule has 0 aliphatic carbocycles. The lowest BCUT2D eigenvalue weighted by atomic mass is 11.0. The van der Waals surface area contributed by atoms with Gasteiger partial charge < -0.3 is 0 Å². The molecule has 0 fully saturated rings. The van der Waals surface area contributed by atoms with Crippen LogP contribution in [0, 0.1) is 0 Å². The molecule has 0 heterocycles. The van der Waals surface area contributed by atoms with Crippen LogP contribution in [0.15, 0.2) is 8.98 Å². The third-order valence-corrected chi connectivity index (χ3v) is 1.29. The maximum Gasteiger partial charge on any atom is 0.136 e. The lowest BCUT2D eigenvalue weighted by Gasteiger charge is -1.75. The van der Waals surface area contributed by atoms with Crippen molar-refractivity contribution in [3.63, 3.8) is 0 Å². The molecular formula is C4H6Cl4. The summed E-state index contributed by atoms with van der Waals surface area (Å²) in [5, 5.41) is 0. The van der Waals surface area contributed by atoms with Crippen LogP contribution < -0.4 is 0 Å². The highest BCUT2D eigenvalue weighted by molar-refractivity contribution is 6.67. The number of hydrogen-bond donors (Lipinski definition) is 0. The highest BCUT2D eigenvalue weighted by Gasteiger charge is 1.88. The summed E-state index contributed by atoms with van der Waals surface area (Å²) >= 11 is 20.0. The number of rotatable bonds is 0. The van der Waals surface area contributed by atoms with Gasteiger partial charge in [0, 0.05) is 0 Å². The SMILES string of the molecule is CC.ClC(Cl)=C(Cl)Cl. The molecule has 4 heteroatoms. The summed E-state index contributed by atoms with van der Waals surface area (Å²) in [6.07, 6.45) is 0. The Morgan fingerprint density at radius 3 is 0.875 bits per heavy atom. The van der Waals surface area contributed by atoms with Crippen LogP contribution in [0.2, 0.25) is 0 Å². The molecule has 0 amide bonds. The van der Waals surface area contributed by atoms with Gasteiger partial charge in [-0.3, -0.25) is 0 Å². The van der Waals surface area contributed by atoms with Crippen molar-refractivity contribution in [3.05, 3.63) is 8.98 Å². The molecule has 0 aromatic carbocycles. The third-order valence-electron chi connectivity index (χ3n) is 0.143. The summed E-state index contributed by atoms with van der Waals surface area (Å²) in [6, 6.07) is 0. The first kappa shape index (κ1) is 11.7. The van der Waals surface area contributed by atoms with Gasteiger partial charge in [-0.1, -0.05) is 60.3 Å². The zero-order valence-electron chi connectivity index (χ0n) is 4.51. The topological polar surface area (TPSA) is 0 Å². The van der Waals surface area contributed by atoms with Crippen molar-refractivity contribution in [2.45, 2.75) is 13.8 Å². The van der Waals surface area contributed by atoms with Crippen molar-refractivity contribution < 1.29 is 0 Å². The van der Waals surface area contributed by atoms with Crippen LogP contribution in [0.4, 0.5) is 0 Å². The minimum atomic E-state index is -0.0988. The van der Waals surface area contributed by atoms with E-state index in [1.807, 2.05) is 13.8 Å². The van der Waals surface area contributed by atoms with Gasteiger partial charge in [0.1, 0.15) is 8.98 Å². The minimum absolute atomic E-state index is 0.0988. The van der Waals surface area contributed by atoms with Crippen LogP contribution in [-0.4, -0.2) is 0 Å². The predicted octanol–water partition coefficient (Wildman–Crippen LogP) is 4.09. The molecule has 0 N–H and O–H groups in total. The molecule has 0 bridgehead atoms. The Hall–Kier alpha value is 0.900. The average molecular weight is 196 g/mol. The Kier molecular flexibility index (Phi) is 11.5. The molecule has 0 aromatic heterocycles. The normalized spacial score (nSPS) is 6.75. The van der Waals surface area contributed by atoms with E-state index in [1.165, 1.54) is 0 Å². The Morgan fingerprint density at radius 2 is 0.875 bits per heavy atom.